The fourth-order valence-electron chi connectivity index (χ4n) is 3.51. The van der Waals surface area contributed by atoms with Crippen molar-refractivity contribution in [3.8, 4) is 11.5 Å². The maximum absolute atomic E-state index is 13.0. The van der Waals surface area contributed by atoms with Crippen LogP contribution in [0.15, 0.2) is 34.9 Å². The highest BCUT2D eigenvalue weighted by Crippen LogP contribution is 2.38. The maximum atomic E-state index is 13.0. The summed E-state index contributed by atoms with van der Waals surface area (Å²) in [4.78, 5) is 14.9. The molecule has 2 aliphatic heterocycles. The molecule has 1 aromatic carbocycles. The van der Waals surface area contributed by atoms with Crippen molar-refractivity contribution in [2.45, 2.75) is 18.9 Å². The average Bonchev–Trinajstić information content (AvgIpc) is 3.20. The van der Waals surface area contributed by atoms with Crippen LogP contribution in [-0.4, -0.2) is 35.1 Å². The van der Waals surface area contributed by atoms with Gasteiger partial charge in [0.1, 0.15) is 18.9 Å². The van der Waals surface area contributed by atoms with Gasteiger partial charge < -0.3 is 18.9 Å². The van der Waals surface area contributed by atoms with Crippen molar-refractivity contribution in [1.82, 2.24) is 9.47 Å². The number of amides is 1. The second-order valence-corrected chi connectivity index (χ2v) is 7.13. The van der Waals surface area contributed by atoms with Gasteiger partial charge in [0.15, 0.2) is 11.5 Å². The van der Waals surface area contributed by atoms with Crippen LogP contribution in [0.5, 0.6) is 11.5 Å². The number of aromatic nitrogens is 1. The van der Waals surface area contributed by atoms with Gasteiger partial charge in [-0.05, 0) is 52.5 Å². The van der Waals surface area contributed by atoms with Gasteiger partial charge in [-0.2, -0.15) is 0 Å². The molecule has 2 aliphatic rings. The number of likely N-dealkylation sites (tertiary alicyclic amines) is 1. The van der Waals surface area contributed by atoms with Crippen molar-refractivity contribution in [1.29, 1.82) is 0 Å². The molecule has 24 heavy (non-hydrogen) atoms. The first-order chi connectivity index (χ1) is 11.6. The number of carbonyl (C=O) groups excluding carboxylic acids is 1. The Kier molecular flexibility index (Phi) is 4.00. The van der Waals surface area contributed by atoms with E-state index in [1.807, 2.05) is 47.0 Å². The Bertz CT molecular complexity index is 787. The molecular formula is C18H19BrN2O3. The molecule has 0 N–H and O–H groups in total. The highest BCUT2D eigenvalue weighted by atomic mass is 79.9. The fraction of sp³-hybridized carbons (Fsp3) is 0.389. The zero-order valence-corrected chi connectivity index (χ0v) is 15.1. The lowest BCUT2D eigenvalue weighted by molar-refractivity contribution is 0.0725. The zero-order valence-electron chi connectivity index (χ0n) is 13.5. The molecule has 0 saturated carbocycles. The van der Waals surface area contributed by atoms with Crippen molar-refractivity contribution in [2.75, 3.05) is 19.8 Å². The number of halogens is 1. The van der Waals surface area contributed by atoms with E-state index in [1.54, 1.807) is 0 Å². The van der Waals surface area contributed by atoms with Crippen LogP contribution in [0.1, 0.15) is 34.9 Å². The molecule has 0 bridgehead atoms. The van der Waals surface area contributed by atoms with Crippen molar-refractivity contribution >= 4 is 21.8 Å². The predicted molar refractivity (Wildman–Crippen MR) is 93.6 cm³/mol. The van der Waals surface area contributed by atoms with Gasteiger partial charge in [0.25, 0.3) is 5.91 Å². The van der Waals surface area contributed by atoms with E-state index >= 15 is 0 Å². The maximum Gasteiger partial charge on any atom is 0.271 e. The minimum Gasteiger partial charge on any atom is -0.486 e. The highest BCUT2D eigenvalue weighted by Gasteiger charge is 2.32. The van der Waals surface area contributed by atoms with Crippen LogP contribution in [0, 0.1) is 0 Å². The smallest absolute Gasteiger partial charge is 0.271 e. The molecule has 1 aromatic heterocycles. The van der Waals surface area contributed by atoms with Gasteiger partial charge in [-0.1, -0.05) is 6.07 Å². The van der Waals surface area contributed by atoms with E-state index in [0.717, 1.165) is 40.9 Å². The summed E-state index contributed by atoms with van der Waals surface area (Å²) in [6.45, 7) is 1.94. The topological polar surface area (TPSA) is 43.7 Å². The molecule has 1 amide bonds. The van der Waals surface area contributed by atoms with Crippen LogP contribution in [0.25, 0.3) is 0 Å². The molecular weight excluding hydrogens is 372 g/mol. The normalized spacial score (nSPS) is 19.6. The highest BCUT2D eigenvalue weighted by molar-refractivity contribution is 9.10. The molecule has 1 atom stereocenters. The van der Waals surface area contributed by atoms with E-state index in [2.05, 4.69) is 15.9 Å². The minimum atomic E-state index is 0.0700. The van der Waals surface area contributed by atoms with Crippen molar-refractivity contribution in [2.24, 2.45) is 7.05 Å². The van der Waals surface area contributed by atoms with Crippen LogP contribution in [0.3, 0.4) is 0 Å². The summed E-state index contributed by atoms with van der Waals surface area (Å²) in [5, 5.41) is 0. The van der Waals surface area contributed by atoms with Crippen LogP contribution in [-0.2, 0) is 7.05 Å². The molecule has 1 saturated heterocycles. The number of benzene rings is 1. The largest absolute Gasteiger partial charge is 0.486 e. The Morgan fingerprint density at radius 2 is 2.00 bits per heavy atom. The second-order valence-electron chi connectivity index (χ2n) is 6.21. The first-order valence-electron chi connectivity index (χ1n) is 8.16. The van der Waals surface area contributed by atoms with E-state index in [1.165, 1.54) is 0 Å². The zero-order chi connectivity index (χ0) is 16.7. The molecule has 1 fully saturated rings. The van der Waals surface area contributed by atoms with Crippen LogP contribution in [0.2, 0.25) is 0 Å². The summed E-state index contributed by atoms with van der Waals surface area (Å²) in [7, 11) is 1.90. The number of carbonyl (C=O) groups is 1. The summed E-state index contributed by atoms with van der Waals surface area (Å²) in [5.74, 6) is 1.63. The predicted octanol–water partition coefficient (Wildman–Crippen LogP) is 3.54. The third-order valence-corrected chi connectivity index (χ3v) is 5.09. The molecule has 0 spiro atoms. The molecule has 1 unspecified atom stereocenters. The summed E-state index contributed by atoms with van der Waals surface area (Å²) >= 11 is 3.44. The van der Waals surface area contributed by atoms with E-state index in [-0.39, 0.29) is 11.9 Å². The van der Waals surface area contributed by atoms with Crippen LogP contribution < -0.4 is 9.47 Å². The molecule has 0 radical (unpaired) electrons. The van der Waals surface area contributed by atoms with Gasteiger partial charge in [-0.15, -0.1) is 0 Å². The Labute approximate surface area is 149 Å². The number of nitrogens with zero attached hydrogens (tertiary/aromatic N) is 2. The summed E-state index contributed by atoms with van der Waals surface area (Å²) in [5.41, 5.74) is 1.81. The van der Waals surface area contributed by atoms with Gasteiger partial charge in [-0.3, -0.25) is 4.79 Å². The molecule has 126 valence electrons. The summed E-state index contributed by atoms with van der Waals surface area (Å²) < 4.78 is 14.1. The Hall–Kier alpha value is -1.95. The van der Waals surface area contributed by atoms with Gasteiger partial charge in [0.2, 0.25) is 0 Å². The fourth-order valence-corrected chi connectivity index (χ4v) is 4.03. The lowest BCUT2D eigenvalue weighted by Gasteiger charge is -2.27. The van der Waals surface area contributed by atoms with Crippen molar-refractivity contribution < 1.29 is 14.3 Å². The summed E-state index contributed by atoms with van der Waals surface area (Å²) in [6.07, 6.45) is 3.88. The SMILES string of the molecule is Cn1cc(Br)cc1C(=O)N1CCCC1c1ccc2c(c1)OCCO2. The Morgan fingerprint density at radius 3 is 2.75 bits per heavy atom. The Morgan fingerprint density at radius 1 is 1.21 bits per heavy atom. The van der Waals surface area contributed by atoms with Gasteiger partial charge in [0, 0.05) is 24.3 Å². The lowest BCUT2D eigenvalue weighted by atomic mass is 10.0. The van der Waals surface area contributed by atoms with E-state index < -0.39 is 0 Å². The monoisotopic (exact) mass is 390 g/mol. The van der Waals surface area contributed by atoms with E-state index in [4.69, 9.17) is 9.47 Å². The Balaban J connectivity index is 1.63. The average molecular weight is 391 g/mol. The third-order valence-electron chi connectivity index (χ3n) is 4.66. The number of hydrogen-bond donors (Lipinski definition) is 0. The standard InChI is InChI=1S/C18H19BrN2O3/c1-20-11-13(19)10-15(20)18(22)21-6-2-3-14(21)12-4-5-16-17(9-12)24-8-7-23-16/h4-5,9-11,14H,2-3,6-8H2,1H3. The van der Waals surface area contributed by atoms with Gasteiger partial charge in [0.05, 0.1) is 6.04 Å². The quantitative estimate of drug-likeness (QED) is 0.787. The molecule has 4 rings (SSSR count). The van der Waals surface area contributed by atoms with E-state index in [0.29, 0.717) is 18.9 Å². The lowest BCUT2D eigenvalue weighted by Crippen LogP contribution is -2.31. The molecule has 5 nitrogen and oxygen atoms in total. The van der Waals surface area contributed by atoms with Crippen LogP contribution >= 0.6 is 15.9 Å². The van der Waals surface area contributed by atoms with Gasteiger partial charge >= 0.3 is 0 Å². The summed E-state index contributed by atoms with van der Waals surface area (Å²) in [6, 6.07) is 7.98. The first kappa shape index (κ1) is 15.6. The molecule has 2 aromatic rings. The van der Waals surface area contributed by atoms with Crippen molar-refractivity contribution in [3.63, 3.8) is 0 Å². The molecule has 0 aliphatic carbocycles. The number of aryl methyl sites for hydroxylation is 1. The van der Waals surface area contributed by atoms with Crippen LogP contribution in [0.4, 0.5) is 0 Å². The minimum absolute atomic E-state index is 0.0700. The number of fused-ring (bicyclic) bond motifs is 1. The molecule has 3 heterocycles. The number of rotatable bonds is 2. The van der Waals surface area contributed by atoms with E-state index in [9.17, 15) is 4.79 Å². The second kappa shape index (κ2) is 6.16. The first-order valence-corrected chi connectivity index (χ1v) is 8.95. The number of ether oxygens (including phenoxy) is 2. The third kappa shape index (κ3) is 2.69. The van der Waals surface area contributed by atoms with Gasteiger partial charge in [-0.25, -0.2) is 0 Å². The molecule has 6 heteroatoms. The van der Waals surface area contributed by atoms with Crippen molar-refractivity contribution in [3.05, 3.63) is 46.2 Å². The number of hydrogen-bond acceptors (Lipinski definition) is 3.